The number of methoxy groups -OCH3 is 2. The second-order valence-corrected chi connectivity index (χ2v) is 7.71. The van der Waals surface area contributed by atoms with E-state index in [-0.39, 0.29) is 42.5 Å². The fourth-order valence-corrected chi connectivity index (χ4v) is 4.08. The van der Waals surface area contributed by atoms with E-state index in [0.717, 1.165) is 11.3 Å². The summed E-state index contributed by atoms with van der Waals surface area (Å²) >= 11 is 0. The first-order chi connectivity index (χ1) is 14.5. The summed E-state index contributed by atoms with van der Waals surface area (Å²) in [6.45, 7) is 1.58. The number of nitrogens with zero attached hydrogens (tertiary/aromatic N) is 1. The van der Waals surface area contributed by atoms with Gasteiger partial charge in [-0.2, -0.15) is 0 Å². The third kappa shape index (κ3) is 5.70. The maximum absolute atomic E-state index is 12.3. The predicted molar refractivity (Wildman–Crippen MR) is 110 cm³/mol. The molecule has 0 saturated carbocycles. The topological polar surface area (TPSA) is 109 Å². The van der Waals surface area contributed by atoms with Crippen molar-refractivity contribution in [2.24, 2.45) is 0 Å². The van der Waals surface area contributed by atoms with Gasteiger partial charge in [0.2, 0.25) is 17.7 Å². The van der Waals surface area contributed by atoms with Gasteiger partial charge in [-0.3, -0.25) is 19.3 Å². The first-order valence-electron chi connectivity index (χ1n) is 10.2. The molecule has 3 atom stereocenters. The average molecular weight is 418 g/mol. The highest BCUT2D eigenvalue weighted by Crippen LogP contribution is 2.25. The number of hydrogen-bond acceptors (Lipinski definition) is 6. The lowest BCUT2D eigenvalue weighted by Crippen LogP contribution is -2.58. The van der Waals surface area contributed by atoms with Gasteiger partial charge in [-0.15, -0.1) is 0 Å². The van der Waals surface area contributed by atoms with E-state index in [0.29, 0.717) is 38.9 Å². The molecule has 164 valence electrons. The molecule has 9 heteroatoms. The molecule has 2 aliphatic rings. The summed E-state index contributed by atoms with van der Waals surface area (Å²) < 4.78 is 9.98. The van der Waals surface area contributed by atoms with Gasteiger partial charge in [-0.25, -0.2) is 0 Å². The van der Waals surface area contributed by atoms with Gasteiger partial charge in [0.05, 0.1) is 13.2 Å². The van der Waals surface area contributed by atoms with Crippen molar-refractivity contribution in [1.29, 1.82) is 0 Å². The minimum Gasteiger partial charge on any atom is -0.497 e. The smallest absolute Gasteiger partial charge is 0.246 e. The van der Waals surface area contributed by atoms with Gasteiger partial charge >= 0.3 is 0 Å². The van der Waals surface area contributed by atoms with Crippen LogP contribution in [0.25, 0.3) is 0 Å². The normalized spacial score (nSPS) is 23.4. The molecule has 2 aliphatic heterocycles. The second-order valence-electron chi connectivity index (χ2n) is 7.71. The molecule has 0 spiro atoms. The van der Waals surface area contributed by atoms with Crippen LogP contribution in [0.4, 0.5) is 0 Å². The van der Waals surface area contributed by atoms with Crippen molar-refractivity contribution in [2.45, 2.75) is 43.9 Å². The number of carbonyl (C=O) groups excluding carboxylic acids is 3. The lowest BCUT2D eigenvalue weighted by atomic mass is 10.0. The van der Waals surface area contributed by atoms with Crippen LogP contribution in [0.5, 0.6) is 5.75 Å². The summed E-state index contributed by atoms with van der Waals surface area (Å²) in [6.07, 6.45) is 1.59. The Hall–Kier alpha value is -2.65. The zero-order valence-corrected chi connectivity index (χ0v) is 17.5. The van der Waals surface area contributed by atoms with E-state index in [1.54, 1.807) is 7.11 Å². The number of hydrogen-bond donors (Lipinski definition) is 3. The quantitative estimate of drug-likeness (QED) is 0.512. The van der Waals surface area contributed by atoms with Crippen molar-refractivity contribution in [2.75, 3.05) is 33.9 Å². The van der Waals surface area contributed by atoms with E-state index in [1.165, 1.54) is 7.11 Å². The number of carbonyl (C=O) groups is 3. The van der Waals surface area contributed by atoms with Crippen LogP contribution in [0.2, 0.25) is 0 Å². The standard InChI is InChI=1S/C21H30N4O5/c1-29-13-20(27)24-15-9-18-21(28)23-11-16(25(18)12-15)5-8-19(26)22-10-14-3-6-17(30-2)7-4-14/h3-4,6-7,15-16,18H,5,8-13H2,1-2H3,(H,22,26)(H,23,28)(H,24,27)/t15-,16+,18-/m0/s1. The molecule has 3 N–H and O–H groups in total. The van der Waals surface area contributed by atoms with E-state index < -0.39 is 0 Å². The summed E-state index contributed by atoms with van der Waals surface area (Å²) in [5.74, 6) is 0.556. The highest BCUT2D eigenvalue weighted by molar-refractivity contribution is 5.84. The van der Waals surface area contributed by atoms with E-state index in [9.17, 15) is 14.4 Å². The Morgan fingerprint density at radius 3 is 2.67 bits per heavy atom. The fourth-order valence-electron chi connectivity index (χ4n) is 4.08. The Morgan fingerprint density at radius 1 is 1.20 bits per heavy atom. The summed E-state index contributed by atoms with van der Waals surface area (Å²) in [4.78, 5) is 38.5. The van der Waals surface area contributed by atoms with Gasteiger partial charge in [0, 0.05) is 45.2 Å². The zero-order valence-electron chi connectivity index (χ0n) is 17.5. The first kappa shape index (κ1) is 22.0. The third-order valence-corrected chi connectivity index (χ3v) is 5.62. The Kier molecular flexibility index (Phi) is 7.64. The van der Waals surface area contributed by atoms with Crippen LogP contribution < -0.4 is 20.7 Å². The number of nitrogens with one attached hydrogen (secondary N) is 3. The summed E-state index contributed by atoms with van der Waals surface area (Å²) in [7, 11) is 3.09. The summed E-state index contributed by atoms with van der Waals surface area (Å²) in [6, 6.07) is 7.28. The van der Waals surface area contributed by atoms with E-state index in [2.05, 4.69) is 20.9 Å². The van der Waals surface area contributed by atoms with Crippen LogP contribution in [0, 0.1) is 0 Å². The van der Waals surface area contributed by atoms with Crippen molar-refractivity contribution in [3.05, 3.63) is 29.8 Å². The van der Waals surface area contributed by atoms with Gasteiger partial charge in [-0.05, 0) is 30.5 Å². The maximum atomic E-state index is 12.3. The van der Waals surface area contributed by atoms with Crippen molar-refractivity contribution in [1.82, 2.24) is 20.9 Å². The number of ether oxygens (including phenoxy) is 2. The van der Waals surface area contributed by atoms with Gasteiger partial charge in [0.25, 0.3) is 0 Å². The van der Waals surface area contributed by atoms with Crippen molar-refractivity contribution in [3.8, 4) is 5.75 Å². The molecule has 2 heterocycles. The van der Waals surface area contributed by atoms with Crippen molar-refractivity contribution < 1.29 is 23.9 Å². The summed E-state index contributed by atoms with van der Waals surface area (Å²) in [5.41, 5.74) is 1.00. The number of amides is 3. The molecule has 2 saturated heterocycles. The van der Waals surface area contributed by atoms with Crippen LogP contribution in [0.1, 0.15) is 24.8 Å². The van der Waals surface area contributed by atoms with Crippen LogP contribution in [0.3, 0.4) is 0 Å². The number of fused-ring (bicyclic) bond motifs is 1. The fraction of sp³-hybridized carbons (Fsp3) is 0.571. The largest absolute Gasteiger partial charge is 0.497 e. The molecule has 9 nitrogen and oxygen atoms in total. The predicted octanol–water partition coefficient (Wildman–Crippen LogP) is -0.204. The molecule has 3 amide bonds. The van der Waals surface area contributed by atoms with Gasteiger partial charge < -0.3 is 25.4 Å². The molecule has 0 radical (unpaired) electrons. The maximum Gasteiger partial charge on any atom is 0.246 e. The lowest BCUT2D eigenvalue weighted by molar-refractivity contribution is -0.129. The minimum atomic E-state index is -0.265. The molecule has 0 aliphatic carbocycles. The average Bonchev–Trinajstić information content (AvgIpc) is 3.17. The molecule has 0 bridgehead atoms. The van der Waals surface area contributed by atoms with Gasteiger partial charge in [-0.1, -0.05) is 12.1 Å². The summed E-state index contributed by atoms with van der Waals surface area (Å²) in [5, 5.41) is 8.79. The SMILES string of the molecule is COCC(=O)N[C@H]1C[C@H]2C(=O)NC[C@@H](CCC(=O)NCc3ccc(OC)cc3)N2C1. The van der Waals surface area contributed by atoms with E-state index in [4.69, 9.17) is 9.47 Å². The molecule has 30 heavy (non-hydrogen) atoms. The molecule has 0 unspecified atom stereocenters. The van der Waals surface area contributed by atoms with Crippen LogP contribution in [-0.4, -0.2) is 74.7 Å². The molecular formula is C21H30N4O5. The lowest BCUT2D eigenvalue weighted by Gasteiger charge is -2.37. The highest BCUT2D eigenvalue weighted by atomic mass is 16.5. The third-order valence-electron chi connectivity index (χ3n) is 5.62. The first-order valence-corrected chi connectivity index (χ1v) is 10.2. The molecule has 1 aromatic rings. The molecule has 0 aromatic heterocycles. The number of rotatable bonds is 9. The van der Waals surface area contributed by atoms with Crippen LogP contribution in [-0.2, 0) is 25.7 Å². The number of piperazine rings is 1. The van der Waals surface area contributed by atoms with E-state index >= 15 is 0 Å². The molecular weight excluding hydrogens is 388 g/mol. The highest BCUT2D eigenvalue weighted by Gasteiger charge is 2.43. The zero-order chi connectivity index (χ0) is 21.5. The van der Waals surface area contributed by atoms with Crippen molar-refractivity contribution >= 4 is 17.7 Å². The number of benzene rings is 1. The van der Waals surface area contributed by atoms with Crippen molar-refractivity contribution in [3.63, 3.8) is 0 Å². The monoisotopic (exact) mass is 418 g/mol. The minimum absolute atomic E-state index is 0.00512. The Labute approximate surface area is 176 Å². The van der Waals surface area contributed by atoms with Gasteiger partial charge in [0.15, 0.2) is 0 Å². The molecule has 3 rings (SSSR count). The van der Waals surface area contributed by atoms with Crippen LogP contribution >= 0.6 is 0 Å². The Bertz CT molecular complexity index is 754. The second kappa shape index (κ2) is 10.4. The van der Waals surface area contributed by atoms with Crippen LogP contribution in [0.15, 0.2) is 24.3 Å². The van der Waals surface area contributed by atoms with Gasteiger partial charge in [0.1, 0.15) is 12.4 Å². The Morgan fingerprint density at radius 2 is 1.97 bits per heavy atom. The van der Waals surface area contributed by atoms with E-state index in [1.807, 2.05) is 24.3 Å². The molecule has 1 aromatic carbocycles. The Balaban J connectivity index is 1.46. The molecule has 2 fully saturated rings.